The van der Waals surface area contributed by atoms with Crippen molar-refractivity contribution < 1.29 is 9.47 Å². The molecule has 29 heavy (non-hydrogen) atoms. The number of morpholine rings is 1. The predicted octanol–water partition coefficient (Wildman–Crippen LogP) is 2.93. The Hall–Kier alpha value is -3.45. The van der Waals surface area contributed by atoms with Gasteiger partial charge in [-0.1, -0.05) is 6.08 Å². The monoisotopic (exact) mass is 389 g/mol. The summed E-state index contributed by atoms with van der Waals surface area (Å²) in [6, 6.07) is 10.0. The molecule has 3 N–H and O–H groups in total. The summed E-state index contributed by atoms with van der Waals surface area (Å²) >= 11 is 0. The maximum absolute atomic E-state index is 8.38. The Morgan fingerprint density at radius 2 is 1.90 bits per heavy atom. The van der Waals surface area contributed by atoms with Gasteiger partial charge in [0.2, 0.25) is 5.95 Å². The number of hydrogen-bond acceptors (Lipinski definition) is 7. The first-order valence-electron chi connectivity index (χ1n) is 9.44. The molecule has 0 bridgehead atoms. The highest BCUT2D eigenvalue weighted by Crippen LogP contribution is 2.29. The average molecular weight is 389 g/mol. The number of rotatable bonds is 4. The third-order valence-electron chi connectivity index (χ3n) is 4.94. The summed E-state index contributed by atoms with van der Waals surface area (Å²) in [6.07, 6.45) is 7.11. The van der Waals surface area contributed by atoms with Crippen molar-refractivity contribution in [3.63, 3.8) is 0 Å². The number of nitrogens with two attached hydrogens (primary N) is 1. The quantitative estimate of drug-likeness (QED) is 0.781. The van der Waals surface area contributed by atoms with Gasteiger partial charge in [-0.15, -0.1) is 0 Å². The van der Waals surface area contributed by atoms with Crippen LogP contribution in [0.25, 0.3) is 11.3 Å². The summed E-state index contributed by atoms with van der Waals surface area (Å²) < 4.78 is 11.1. The number of nitrogens with zero attached hydrogens (tertiary/aromatic N) is 3. The van der Waals surface area contributed by atoms with Gasteiger partial charge in [-0.25, -0.2) is 9.97 Å². The van der Waals surface area contributed by atoms with Gasteiger partial charge in [-0.05, 0) is 42.5 Å². The Morgan fingerprint density at radius 3 is 2.59 bits per heavy atom. The summed E-state index contributed by atoms with van der Waals surface area (Å²) in [5.41, 5.74) is 10.4. The fourth-order valence-electron chi connectivity index (χ4n) is 3.45. The summed E-state index contributed by atoms with van der Waals surface area (Å²) in [5, 5.41) is 8.38. The molecular weight excluding hydrogens is 366 g/mol. The number of aromatic nitrogens is 2. The van der Waals surface area contributed by atoms with Gasteiger partial charge >= 0.3 is 0 Å². The third kappa shape index (κ3) is 4.05. The molecule has 7 heteroatoms. The molecular formula is C22H23N5O2. The maximum atomic E-state index is 8.38. The Kier molecular flexibility index (Phi) is 5.39. The lowest BCUT2D eigenvalue weighted by Gasteiger charge is -2.29. The van der Waals surface area contributed by atoms with Crippen molar-refractivity contribution >= 4 is 28.7 Å². The molecule has 0 atom stereocenters. The normalized spacial score (nSPS) is 18.4. The fraction of sp³-hybridized carbons (Fsp3) is 0.227. The summed E-state index contributed by atoms with van der Waals surface area (Å²) in [4.78, 5) is 10.5. The van der Waals surface area contributed by atoms with Gasteiger partial charge in [-0.2, -0.15) is 0 Å². The number of nitrogens with one attached hydrogen (secondary N) is 1. The van der Waals surface area contributed by atoms with Gasteiger partial charge < -0.3 is 25.5 Å². The van der Waals surface area contributed by atoms with Gasteiger partial charge in [0.15, 0.2) is 0 Å². The van der Waals surface area contributed by atoms with Crippen LogP contribution in [0.5, 0.6) is 0 Å². The smallest absolute Gasteiger partial charge is 0.220 e. The minimum atomic E-state index is 0.216. The van der Waals surface area contributed by atoms with Crippen molar-refractivity contribution in [2.45, 2.75) is 0 Å². The van der Waals surface area contributed by atoms with Crippen molar-refractivity contribution in [2.75, 3.05) is 44.0 Å². The van der Waals surface area contributed by atoms with Crippen LogP contribution in [0.2, 0.25) is 0 Å². The zero-order chi connectivity index (χ0) is 20.2. The first-order chi connectivity index (χ1) is 14.2. The van der Waals surface area contributed by atoms with Gasteiger partial charge in [-0.3, -0.25) is 0 Å². The van der Waals surface area contributed by atoms with Crippen LogP contribution in [0.3, 0.4) is 0 Å². The predicted molar refractivity (Wildman–Crippen MR) is 115 cm³/mol. The highest BCUT2D eigenvalue weighted by Gasteiger charge is 2.18. The molecule has 1 saturated heterocycles. The zero-order valence-electron chi connectivity index (χ0n) is 16.3. The number of methoxy groups -OCH3 is 1. The first-order valence-corrected chi connectivity index (χ1v) is 9.44. The van der Waals surface area contributed by atoms with Gasteiger partial charge in [0.1, 0.15) is 5.76 Å². The van der Waals surface area contributed by atoms with Crippen molar-refractivity contribution in [2.24, 2.45) is 0 Å². The lowest BCUT2D eigenvalue weighted by molar-refractivity contribution is 0.122. The Balaban J connectivity index is 1.68. The Morgan fingerprint density at radius 1 is 1.14 bits per heavy atom. The molecule has 0 amide bonds. The van der Waals surface area contributed by atoms with E-state index in [9.17, 15) is 0 Å². The SMILES string of the molecule is CO/C(=C1/C=C(c2ccnc(N)n2)C=CC1=N)c1ccc(N2CCOCC2)cc1. The molecule has 1 aromatic heterocycles. The largest absolute Gasteiger partial charge is 0.495 e. The number of nitrogen functional groups attached to an aromatic ring is 1. The van der Waals surface area contributed by atoms with Crippen molar-refractivity contribution in [3.8, 4) is 0 Å². The van der Waals surface area contributed by atoms with E-state index < -0.39 is 0 Å². The van der Waals surface area contributed by atoms with Crippen LogP contribution in [0.15, 0.2) is 60.3 Å². The van der Waals surface area contributed by atoms with Crippen molar-refractivity contribution in [3.05, 3.63) is 71.6 Å². The van der Waals surface area contributed by atoms with E-state index in [1.54, 1.807) is 25.4 Å². The van der Waals surface area contributed by atoms with E-state index in [0.717, 1.165) is 43.1 Å². The van der Waals surface area contributed by atoms with E-state index in [2.05, 4.69) is 27.0 Å². The molecule has 148 valence electrons. The molecule has 1 aliphatic heterocycles. The molecule has 0 unspecified atom stereocenters. The van der Waals surface area contributed by atoms with Crippen LogP contribution < -0.4 is 10.6 Å². The third-order valence-corrected chi connectivity index (χ3v) is 4.94. The molecule has 0 spiro atoms. The molecule has 0 saturated carbocycles. The topological polar surface area (TPSA) is 97.3 Å². The Bertz CT molecular complexity index is 1000. The van der Waals surface area contributed by atoms with Crippen LogP contribution >= 0.6 is 0 Å². The standard InChI is InChI=1S/C22H23N5O2/c1-28-21(15-2-5-17(6-3-15)27-10-12-29-13-11-27)18-14-16(4-7-19(18)23)20-8-9-25-22(24)26-20/h2-9,14,23H,10-13H2,1H3,(H2,24,25,26)/b21-18-,23-19?. The lowest BCUT2D eigenvalue weighted by atomic mass is 9.95. The second-order valence-electron chi connectivity index (χ2n) is 6.74. The van der Waals surface area contributed by atoms with Gasteiger partial charge in [0.05, 0.1) is 31.7 Å². The molecule has 7 nitrogen and oxygen atoms in total. The fourth-order valence-corrected chi connectivity index (χ4v) is 3.45. The second-order valence-corrected chi connectivity index (χ2v) is 6.74. The number of ether oxygens (including phenoxy) is 2. The molecule has 1 aliphatic carbocycles. The van der Waals surface area contributed by atoms with E-state index in [0.29, 0.717) is 22.7 Å². The van der Waals surface area contributed by atoms with Crippen molar-refractivity contribution in [1.29, 1.82) is 5.41 Å². The summed E-state index contributed by atoms with van der Waals surface area (Å²) in [6.45, 7) is 3.28. The van der Waals surface area contributed by atoms with E-state index in [1.165, 1.54) is 0 Å². The summed E-state index contributed by atoms with van der Waals surface area (Å²) in [7, 11) is 1.63. The van der Waals surface area contributed by atoms with Crippen LogP contribution in [-0.4, -0.2) is 49.1 Å². The minimum Gasteiger partial charge on any atom is -0.495 e. The second kappa shape index (κ2) is 8.28. The van der Waals surface area contributed by atoms with Crippen LogP contribution in [0.4, 0.5) is 11.6 Å². The molecule has 4 rings (SSSR count). The molecule has 1 fully saturated rings. The van der Waals surface area contributed by atoms with E-state index in [1.807, 2.05) is 24.3 Å². The van der Waals surface area contributed by atoms with Gasteiger partial charge in [0, 0.05) is 41.7 Å². The van der Waals surface area contributed by atoms with E-state index in [-0.39, 0.29) is 5.95 Å². The van der Waals surface area contributed by atoms with E-state index >= 15 is 0 Å². The van der Waals surface area contributed by atoms with Crippen molar-refractivity contribution in [1.82, 2.24) is 9.97 Å². The van der Waals surface area contributed by atoms with Crippen LogP contribution in [-0.2, 0) is 9.47 Å². The number of benzene rings is 1. The molecule has 1 aromatic carbocycles. The van der Waals surface area contributed by atoms with E-state index in [4.69, 9.17) is 20.6 Å². The minimum absolute atomic E-state index is 0.216. The molecule has 2 aromatic rings. The van der Waals surface area contributed by atoms with Crippen LogP contribution in [0, 0.1) is 5.41 Å². The maximum Gasteiger partial charge on any atom is 0.220 e. The summed E-state index contributed by atoms with van der Waals surface area (Å²) in [5.74, 6) is 0.862. The number of allylic oxidation sites excluding steroid dienone is 5. The zero-order valence-corrected chi connectivity index (χ0v) is 16.3. The number of hydrogen-bond donors (Lipinski definition) is 2. The number of anilines is 2. The Labute approximate surface area is 169 Å². The molecule has 2 heterocycles. The van der Waals surface area contributed by atoms with Crippen LogP contribution in [0.1, 0.15) is 11.3 Å². The highest BCUT2D eigenvalue weighted by molar-refractivity contribution is 6.16. The highest BCUT2D eigenvalue weighted by atomic mass is 16.5. The lowest BCUT2D eigenvalue weighted by Crippen LogP contribution is -2.36. The average Bonchev–Trinajstić information content (AvgIpc) is 2.76. The molecule has 2 aliphatic rings. The molecule has 0 radical (unpaired) electrons. The first kappa shape index (κ1) is 18.9. The van der Waals surface area contributed by atoms with Gasteiger partial charge in [0.25, 0.3) is 0 Å².